The summed E-state index contributed by atoms with van der Waals surface area (Å²) in [5.41, 5.74) is 2.46. The zero-order valence-electron chi connectivity index (χ0n) is 14.6. The Bertz CT molecular complexity index is 944. The third-order valence-corrected chi connectivity index (χ3v) is 4.42. The molecule has 0 radical (unpaired) electrons. The number of hydrogen-bond donors (Lipinski definition) is 0. The van der Waals surface area contributed by atoms with Crippen LogP contribution in [0.25, 0.3) is 16.9 Å². The number of aromatic nitrogens is 3. The lowest BCUT2D eigenvalue weighted by atomic mass is 10.1. The van der Waals surface area contributed by atoms with Gasteiger partial charge in [-0.15, -0.1) is 0 Å². The summed E-state index contributed by atoms with van der Waals surface area (Å²) in [5.74, 6) is -0.437. The highest BCUT2D eigenvalue weighted by Gasteiger charge is 2.28. The quantitative estimate of drug-likeness (QED) is 0.710. The molecule has 1 aliphatic heterocycles. The Balaban J connectivity index is 1.70. The molecule has 26 heavy (non-hydrogen) atoms. The van der Waals surface area contributed by atoms with Gasteiger partial charge in [0.1, 0.15) is 5.82 Å². The Hall–Kier alpha value is -2.80. The number of fused-ring (bicyclic) bond motifs is 1. The summed E-state index contributed by atoms with van der Waals surface area (Å²) >= 11 is 0. The van der Waals surface area contributed by atoms with Gasteiger partial charge in [0.05, 0.1) is 17.9 Å². The summed E-state index contributed by atoms with van der Waals surface area (Å²) < 4.78 is 20.5. The molecule has 7 heteroatoms. The number of ether oxygens (including phenoxy) is 1. The van der Waals surface area contributed by atoms with Crippen molar-refractivity contribution < 1.29 is 13.9 Å². The number of amides is 1. The number of carbonyl (C=O) groups is 1. The van der Waals surface area contributed by atoms with E-state index in [2.05, 4.69) is 10.1 Å². The minimum absolute atomic E-state index is 0.00682. The third kappa shape index (κ3) is 3.06. The minimum Gasteiger partial charge on any atom is -0.372 e. The van der Waals surface area contributed by atoms with E-state index >= 15 is 0 Å². The van der Waals surface area contributed by atoms with E-state index in [4.69, 9.17) is 4.74 Å². The normalized spacial score (nSPS) is 20.5. The van der Waals surface area contributed by atoms with E-state index in [1.165, 1.54) is 12.1 Å². The maximum absolute atomic E-state index is 13.2. The molecule has 1 amide bonds. The van der Waals surface area contributed by atoms with Crippen LogP contribution in [0.3, 0.4) is 0 Å². The highest BCUT2D eigenvalue weighted by atomic mass is 19.1. The fourth-order valence-electron chi connectivity index (χ4n) is 3.34. The van der Waals surface area contributed by atoms with Gasteiger partial charge in [0.15, 0.2) is 11.3 Å². The van der Waals surface area contributed by atoms with Crippen molar-refractivity contribution in [3.63, 3.8) is 0 Å². The van der Waals surface area contributed by atoms with Gasteiger partial charge in [-0.3, -0.25) is 4.79 Å². The van der Waals surface area contributed by atoms with Gasteiger partial charge in [0, 0.05) is 30.9 Å². The Labute approximate surface area is 150 Å². The number of benzene rings is 1. The van der Waals surface area contributed by atoms with Gasteiger partial charge in [-0.25, -0.2) is 13.9 Å². The van der Waals surface area contributed by atoms with Crippen molar-refractivity contribution in [1.29, 1.82) is 0 Å². The SMILES string of the molecule is C[C@@H]1CN(C(=O)c2cc3nccc(-c4ccc(F)cc4)n3n2)C[C@H](C)O1. The number of halogens is 1. The van der Waals surface area contributed by atoms with Crippen molar-refractivity contribution in [2.75, 3.05) is 13.1 Å². The van der Waals surface area contributed by atoms with Crippen molar-refractivity contribution in [1.82, 2.24) is 19.5 Å². The average molecular weight is 354 g/mol. The molecule has 2 aromatic heterocycles. The van der Waals surface area contributed by atoms with Crippen LogP contribution in [0.5, 0.6) is 0 Å². The lowest BCUT2D eigenvalue weighted by molar-refractivity contribution is -0.0587. The highest BCUT2D eigenvalue weighted by molar-refractivity contribution is 5.93. The van der Waals surface area contributed by atoms with Gasteiger partial charge >= 0.3 is 0 Å². The summed E-state index contributed by atoms with van der Waals surface area (Å²) in [6.45, 7) is 4.98. The molecule has 0 saturated carbocycles. The second-order valence-corrected chi connectivity index (χ2v) is 6.60. The Kier molecular flexibility index (Phi) is 4.16. The first kappa shape index (κ1) is 16.7. The number of hydrogen-bond acceptors (Lipinski definition) is 4. The molecule has 1 saturated heterocycles. The molecular weight excluding hydrogens is 335 g/mol. The van der Waals surface area contributed by atoms with Crippen molar-refractivity contribution in [3.05, 3.63) is 54.1 Å². The topological polar surface area (TPSA) is 59.7 Å². The maximum atomic E-state index is 13.2. The zero-order valence-corrected chi connectivity index (χ0v) is 14.6. The number of carbonyl (C=O) groups excluding carboxylic acids is 1. The minimum atomic E-state index is -0.300. The van der Waals surface area contributed by atoms with E-state index < -0.39 is 0 Å². The standard InChI is InChI=1S/C19H19FN4O2/c1-12-10-23(11-13(2)26-12)19(25)16-9-18-21-8-7-17(24(18)22-16)14-3-5-15(20)6-4-14/h3-9,12-13H,10-11H2,1-2H3/t12-,13+. The highest BCUT2D eigenvalue weighted by Crippen LogP contribution is 2.21. The van der Waals surface area contributed by atoms with Gasteiger partial charge in [0.25, 0.3) is 5.91 Å². The van der Waals surface area contributed by atoms with Crippen LogP contribution in [-0.2, 0) is 4.74 Å². The van der Waals surface area contributed by atoms with Gasteiger partial charge in [-0.2, -0.15) is 5.10 Å². The van der Waals surface area contributed by atoms with E-state index in [0.29, 0.717) is 24.4 Å². The van der Waals surface area contributed by atoms with Gasteiger partial charge in [-0.05, 0) is 44.2 Å². The van der Waals surface area contributed by atoms with E-state index in [-0.39, 0.29) is 23.9 Å². The third-order valence-electron chi connectivity index (χ3n) is 4.42. The van der Waals surface area contributed by atoms with Crippen molar-refractivity contribution in [2.45, 2.75) is 26.1 Å². The lowest BCUT2D eigenvalue weighted by Gasteiger charge is -2.34. The maximum Gasteiger partial charge on any atom is 0.274 e. The molecule has 1 aliphatic rings. The number of rotatable bonds is 2. The van der Waals surface area contributed by atoms with Crippen molar-refractivity contribution in [3.8, 4) is 11.3 Å². The summed E-state index contributed by atoms with van der Waals surface area (Å²) in [4.78, 5) is 18.9. The first-order valence-corrected chi connectivity index (χ1v) is 8.57. The smallest absolute Gasteiger partial charge is 0.274 e. The van der Waals surface area contributed by atoms with Crippen LogP contribution in [0, 0.1) is 5.82 Å². The number of morpholine rings is 1. The fraction of sp³-hybridized carbons (Fsp3) is 0.316. The van der Waals surface area contributed by atoms with Crippen molar-refractivity contribution >= 4 is 11.6 Å². The van der Waals surface area contributed by atoms with E-state index in [9.17, 15) is 9.18 Å². The molecule has 0 aliphatic carbocycles. The van der Waals surface area contributed by atoms with Crippen molar-refractivity contribution in [2.24, 2.45) is 0 Å². The van der Waals surface area contributed by atoms with Crippen LogP contribution in [0.15, 0.2) is 42.6 Å². The molecule has 0 unspecified atom stereocenters. The van der Waals surface area contributed by atoms with Crippen LogP contribution in [0.1, 0.15) is 24.3 Å². The lowest BCUT2D eigenvalue weighted by Crippen LogP contribution is -2.48. The summed E-state index contributed by atoms with van der Waals surface area (Å²) in [6, 6.07) is 9.62. The van der Waals surface area contributed by atoms with Crippen LogP contribution in [-0.4, -0.2) is 50.7 Å². The largest absolute Gasteiger partial charge is 0.372 e. The molecule has 1 aromatic carbocycles. The molecule has 3 heterocycles. The Morgan fingerprint density at radius 2 is 1.85 bits per heavy atom. The Morgan fingerprint density at radius 3 is 2.54 bits per heavy atom. The molecule has 0 spiro atoms. The van der Waals surface area contributed by atoms with Crippen LogP contribution >= 0.6 is 0 Å². The summed E-state index contributed by atoms with van der Waals surface area (Å²) in [5, 5.41) is 4.47. The molecule has 0 N–H and O–H groups in total. The molecule has 0 bridgehead atoms. The van der Waals surface area contributed by atoms with Gasteiger partial charge in [-0.1, -0.05) is 0 Å². The molecule has 3 aromatic rings. The molecule has 134 valence electrons. The zero-order chi connectivity index (χ0) is 18.3. The van der Waals surface area contributed by atoms with Gasteiger partial charge < -0.3 is 9.64 Å². The summed E-state index contributed by atoms with van der Waals surface area (Å²) in [7, 11) is 0. The van der Waals surface area contributed by atoms with Crippen LogP contribution in [0.4, 0.5) is 4.39 Å². The van der Waals surface area contributed by atoms with E-state index in [0.717, 1.165) is 11.3 Å². The fourth-order valence-corrected chi connectivity index (χ4v) is 3.34. The van der Waals surface area contributed by atoms with E-state index in [1.807, 2.05) is 13.8 Å². The molecule has 4 rings (SSSR count). The molecule has 1 fully saturated rings. The number of nitrogens with zero attached hydrogens (tertiary/aromatic N) is 4. The first-order valence-electron chi connectivity index (χ1n) is 8.57. The molecule has 6 nitrogen and oxygen atoms in total. The monoisotopic (exact) mass is 354 g/mol. The first-order chi connectivity index (χ1) is 12.5. The Morgan fingerprint density at radius 1 is 1.15 bits per heavy atom. The molecular formula is C19H19FN4O2. The molecule has 2 atom stereocenters. The second kappa shape index (κ2) is 6.49. The summed E-state index contributed by atoms with van der Waals surface area (Å²) in [6.07, 6.45) is 1.64. The van der Waals surface area contributed by atoms with Crippen LogP contribution < -0.4 is 0 Å². The predicted octanol–water partition coefficient (Wildman–Crippen LogP) is 2.78. The second-order valence-electron chi connectivity index (χ2n) is 6.60. The predicted molar refractivity (Wildman–Crippen MR) is 94.3 cm³/mol. The van der Waals surface area contributed by atoms with Crippen LogP contribution in [0.2, 0.25) is 0 Å². The van der Waals surface area contributed by atoms with E-state index in [1.54, 1.807) is 39.9 Å². The van der Waals surface area contributed by atoms with Gasteiger partial charge in [0.2, 0.25) is 0 Å². The average Bonchev–Trinajstić information content (AvgIpc) is 3.05.